The van der Waals surface area contributed by atoms with E-state index in [1.807, 2.05) is 30.3 Å². The number of nitro groups is 1. The van der Waals surface area contributed by atoms with Crippen LogP contribution in [0.15, 0.2) is 53.6 Å². The Balaban J connectivity index is 1.93. The molecule has 0 heterocycles. The van der Waals surface area contributed by atoms with Crippen molar-refractivity contribution in [3.05, 3.63) is 69.8 Å². The minimum atomic E-state index is -0.683. The first-order valence-electron chi connectivity index (χ1n) is 6.39. The van der Waals surface area contributed by atoms with Crippen molar-refractivity contribution < 1.29 is 14.8 Å². The third-order valence-electron chi connectivity index (χ3n) is 2.81. The van der Waals surface area contributed by atoms with Gasteiger partial charge in [0.15, 0.2) is 5.75 Å². The summed E-state index contributed by atoms with van der Waals surface area (Å²) in [4.78, 5) is 21.5. The SMILES string of the molecule is O=C(Cc1ccccc1)N/N=C/c1ccc([N+](=O)[O-])c(O)c1. The van der Waals surface area contributed by atoms with E-state index in [9.17, 15) is 20.0 Å². The first-order valence-corrected chi connectivity index (χ1v) is 6.39. The molecular weight excluding hydrogens is 286 g/mol. The van der Waals surface area contributed by atoms with E-state index in [1.54, 1.807) is 0 Å². The summed E-state index contributed by atoms with van der Waals surface area (Å²) >= 11 is 0. The third kappa shape index (κ3) is 4.14. The molecule has 0 radical (unpaired) electrons. The van der Waals surface area contributed by atoms with Gasteiger partial charge in [0.2, 0.25) is 5.91 Å². The number of hydrogen-bond acceptors (Lipinski definition) is 5. The number of nitrogens with one attached hydrogen (secondary N) is 1. The molecule has 22 heavy (non-hydrogen) atoms. The van der Waals surface area contributed by atoms with E-state index in [4.69, 9.17) is 0 Å². The third-order valence-corrected chi connectivity index (χ3v) is 2.81. The topological polar surface area (TPSA) is 105 Å². The van der Waals surface area contributed by atoms with Crippen LogP contribution in [-0.4, -0.2) is 22.2 Å². The lowest BCUT2D eigenvalue weighted by Crippen LogP contribution is -2.19. The number of benzene rings is 2. The minimum Gasteiger partial charge on any atom is -0.502 e. The number of carbonyl (C=O) groups is 1. The average Bonchev–Trinajstić information content (AvgIpc) is 2.48. The van der Waals surface area contributed by atoms with E-state index in [2.05, 4.69) is 10.5 Å². The number of aromatic hydroxyl groups is 1. The van der Waals surface area contributed by atoms with Gasteiger partial charge in [0.05, 0.1) is 17.6 Å². The Hall–Kier alpha value is -3.22. The zero-order chi connectivity index (χ0) is 15.9. The molecule has 7 nitrogen and oxygen atoms in total. The van der Waals surface area contributed by atoms with E-state index in [0.29, 0.717) is 5.56 Å². The molecule has 0 fully saturated rings. The molecule has 0 bridgehead atoms. The van der Waals surface area contributed by atoms with Crippen LogP contribution in [0.4, 0.5) is 5.69 Å². The fourth-order valence-electron chi connectivity index (χ4n) is 1.77. The van der Waals surface area contributed by atoms with E-state index in [0.717, 1.165) is 5.56 Å². The van der Waals surface area contributed by atoms with Gasteiger partial charge in [-0.15, -0.1) is 0 Å². The van der Waals surface area contributed by atoms with E-state index in [-0.39, 0.29) is 18.0 Å². The highest BCUT2D eigenvalue weighted by Gasteiger charge is 2.12. The normalized spacial score (nSPS) is 10.5. The quantitative estimate of drug-likeness (QED) is 0.500. The second-order valence-corrected chi connectivity index (χ2v) is 4.46. The van der Waals surface area contributed by atoms with Gasteiger partial charge < -0.3 is 5.11 Å². The number of phenolic OH excluding ortho intramolecular Hbond substituents is 1. The van der Waals surface area contributed by atoms with Crippen LogP contribution in [0.1, 0.15) is 11.1 Å². The first-order chi connectivity index (χ1) is 10.6. The Kier molecular flexibility index (Phi) is 4.81. The van der Waals surface area contributed by atoms with E-state index in [1.165, 1.54) is 24.4 Å². The molecule has 0 spiro atoms. The number of carbonyl (C=O) groups excluding carboxylic acids is 1. The van der Waals surface area contributed by atoms with Crippen molar-refractivity contribution in [1.82, 2.24) is 5.43 Å². The van der Waals surface area contributed by atoms with Crippen LogP contribution >= 0.6 is 0 Å². The molecule has 2 aromatic carbocycles. The second kappa shape index (κ2) is 6.98. The zero-order valence-corrected chi connectivity index (χ0v) is 11.5. The number of hydrazone groups is 1. The summed E-state index contributed by atoms with van der Waals surface area (Å²) in [6.07, 6.45) is 1.50. The standard InChI is InChI=1S/C15H13N3O4/c19-14-8-12(6-7-13(14)18(21)22)10-16-17-15(20)9-11-4-2-1-3-5-11/h1-8,10,19H,9H2,(H,17,20)/b16-10+. The van der Waals surface area contributed by atoms with Crippen LogP contribution in [0, 0.1) is 10.1 Å². The maximum Gasteiger partial charge on any atom is 0.310 e. The van der Waals surface area contributed by atoms with Crippen molar-refractivity contribution in [3.63, 3.8) is 0 Å². The van der Waals surface area contributed by atoms with Crippen LogP contribution in [0.2, 0.25) is 0 Å². The summed E-state index contributed by atoms with van der Waals surface area (Å²) in [7, 11) is 0. The predicted octanol–water partition coefficient (Wildman–Crippen LogP) is 1.99. The molecule has 2 N–H and O–H groups in total. The molecule has 112 valence electrons. The van der Waals surface area contributed by atoms with Crippen LogP contribution in [0.25, 0.3) is 0 Å². The number of hydrogen-bond donors (Lipinski definition) is 2. The maximum atomic E-state index is 11.6. The number of amides is 1. The van der Waals surface area contributed by atoms with Crippen molar-refractivity contribution in [1.29, 1.82) is 0 Å². The smallest absolute Gasteiger partial charge is 0.310 e. The van der Waals surface area contributed by atoms with Crippen molar-refractivity contribution in [3.8, 4) is 5.75 Å². The minimum absolute atomic E-state index is 0.198. The highest BCUT2D eigenvalue weighted by molar-refractivity contribution is 5.84. The summed E-state index contributed by atoms with van der Waals surface area (Å²) in [6.45, 7) is 0. The Morgan fingerprint density at radius 2 is 2.00 bits per heavy atom. The molecule has 2 aromatic rings. The molecular formula is C15H13N3O4. The number of phenols is 1. The molecule has 0 aliphatic heterocycles. The van der Waals surface area contributed by atoms with Gasteiger partial charge in [-0.3, -0.25) is 14.9 Å². The van der Waals surface area contributed by atoms with Gasteiger partial charge in [-0.1, -0.05) is 30.3 Å². The average molecular weight is 299 g/mol. The Labute approximate surface area is 126 Å². The monoisotopic (exact) mass is 299 g/mol. The first kappa shape index (κ1) is 15.2. The molecule has 2 rings (SSSR count). The van der Waals surface area contributed by atoms with Gasteiger partial charge in [-0.2, -0.15) is 5.10 Å². The van der Waals surface area contributed by atoms with Gasteiger partial charge in [0.1, 0.15) is 0 Å². The summed E-state index contributed by atoms with van der Waals surface area (Å²) < 4.78 is 0. The lowest BCUT2D eigenvalue weighted by atomic mass is 10.1. The lowest BCUT2D eigenvalue weighted by Gasteiger charge is -2.00. The Morgan fingerprint density at radius 3 is 2.64 bits per heavy atom. The predicted molar refractivity (Wildman–Crippen MR) is 80.6 cm³/mol. The summed E-state index contributed by atoms with van der Waals surface area (Å²) in [5, 5.41) is 23.8. The molecule has 0 atom stereocenters. The lowest BCUT2D eigenvalue weighted by molar-refractivity contribution is -0.385. The van der Waals surface area contributed by atoms with Crippen LogP contribution < -0.4 is 5.43 Å². The van der Waals surface area contributed by atoms with Crippen LogP contribution in [-0.2, 0) is 11.2 Å². The molecule has 0 saturated carbocycles. The van der Waals surface area contributed by atoms with Crippen LogP contribution in [0.3, 0.4) is 0 Å². The van der Waals surface area contributed by atoms with Gasteiger partial charge in [-0.05, 0) is 23.3 Å². The highest BCUT2D eigenvalue weighted by atomic mass is 16.6. The zero-order valence-electron chi connectivity index (χ0n) is 11.5. The highest BCUT2D eigenvalue weighted by Crippen LogP contribution is 2.25. The van der Waals surface area contributed by atoms with Crippen molar-refractivity contribution in [2.75, 3.05) is 0 Å². The summed E-state index contributed by atoms with van der Waals surface area (Å²) in [5.74, 6) is -0.738. The van der Waals surface area contributed by atoms with Gasteiger partial charge in [0.25, 0.3) is 0 Å². The Morgan fingerprint density at radius 1 is 1.27 bits per heavy atom. The number of nitro benzene ring substituents is 1. The fraction of sp³-hybridized carbons (Fsp3) is 0.0667. The fourth-order valence-corrected chi connectivity index (χ4v) is 1.77. The molecule has 0 aliphatic carbocycles. The summed E-state index contributed by atoms with van der Waals surface area (Å²) in [6, 6.07) is 13.0. The summed E-state index contributed by atoms with van der Waals surface area (Å²) in [5.41, 5.74) is 3.26. The molecule has 0 aliphatic rings. The second-order valence-electron chi connectivity index (χ2n) is 4.46. The van der Waals surface area contributed by atoms with Gasteiger partial charge in [0, 0.05) is 6.07 Å². The maximum absolute atomic E-state index is 11.6. The number of rotatable bonds is 5. The van der Waals surface area contributed by atoms with Crippen molar-refractivity contribution in [2.45, 2.75) is 6.42 Å². The van der Waals surface area contributed by atoms with E-state index >= 15 is 0 Å². The Bertz CT molecular complexity index is 714. The molecule has 7 heteroatoms. The van der Waals surface area contributed by atoms with Gasteiger partial charge in [-0.25, -0.2) is 5.43 Å². The molecule has 0 saturated heterocycles. The molecule has 0 aromatic heterocycles. The molecule has 0 unspecified atom stereocenters. The van der Waals surface area contributed by atoms with Crippen LogP contribution in [0.5, 0.6) is 5.75 Å². The van der Waals surface area contributed by atoms with E-state index < -0.39 is 10.7 Å². The van der Waals surface area contributed by atoms with Gasteiger partial charge >= 0.3 is 5.69 Å². The van der Waals surface area contributed by atoms with Crippen molar-refractivity contribution >= 4 is 17.8 Å². The molecule has 1 amide bonds. The number of nitrogens with zero attached hydrogens (tertiary/aromatic N) is 2. The largest absolute Gasteiger partial charge is 0.502 e. The van der Waals surface area contributed by atoms with Crippen molar-refractivity contribution in [2.24, 2.45) is 5.10 Å².